The number of benzene rings is 4. The Balaban J connectivity index is 0.000000337. The van der Waals surface area contributed by atoms with E-state index >= 15 is 0 Å². The zero-order valence-corrected chi connectivity index (χ0v) is 39.6. The number of hydrogen-bond donors (Lipinski definition) is 0. The molecule has 5 rings (SSSR count). The van der Waals surface area contributed by atoms with Crippen LogP contribution in [0.1, 0.15) is 107 Å². The number of ether oxygens (including phenoxy) is 1. The Morgan fingerprint density at radius 3 is 0.929 bits per heavy atom. The Labute approximate surface area is 381 Å². The Morgan fingerprint density at radius 2 is 0.696 bits per heavy atom. The summed E-state index contributed by atoms with van der Waals surface area (Å²) in [7, 11) is 0. The molecule has 1 heterocycles. The molecule has 4 aromatic rings. The van der Waals surface area contributed by atoms with Crippen LogP contribution in [0.2, 0.25) is 0 Å². The van der Waals surface area contributed by atoms with E-state index in [1.165, 1.54) is 79.6 Å². The van der Waals surface area contributed by atoms with Gasteiger partial charge in [0.1, 0.15) is 0 Å². The third-order valence-corrected chi connectivity index (χ3v) is 9.36. The summed E-state index contributed by atoms with van der Waals surface area (Å²) < 4.78 is 4.94. The Morgan fingerprint density at radius 1 is 0.446 bits per heavy atom. The number of aliphatic imine (C=N–C) groups is 2. The molecule has 1 aliphatic heterocycles. The van der Waals surface area contributed by atoms with Crippen molar-refractivity contribution in [3.8, 4) is 0 Å². The summed E-state index contributed by atoms with van der Waals surface area (Å²) in [5, 5.41) is 9.64. The van der Waals surface area contributed by atoms with Crippen LogP contribution < -0.4 is 0 Å². The molecule has 299 valence electrons. The van der Waals surface area contributed by atoms with Gasteiger partial charge in [-0.15, -0.1) is 11.4 Å². The SMILES string of the molecule is C1CCOC1.CC(/C=C(/C)[N-]c1c(C)cc(C)cc1C)=Nc1c(C)cc(C)cc1C.CC(/C=C(/C)[N-]c1c(C)cc(C)cc1C)=Nc1c(C)cc(C)cc1C.[Eu+2]. The van der Waals surface area contributed by atoms with E-state index in [0.29, 0.717) is 0 Å². The van der Waals surface area contributed by atoms with E-state index in [-0.39, 0.29) is 49.4 Å². The largest absolute Gasteiger partial charge is 2.00 e. The predicted molar refractivity (Wildman–Crippen MR) is 242 cm³/mol. The third kappa shape index (κ3) is 15.6. The van der Waals surface area contributed by atoms with E-state index < -0.39 is 0 Å². The average molecular weight is 891 g/mol. The minimum absolute atomic E-state index is 0. The van der Waals surface area contributed by atoms with E-state index in [2.05, 4.69) is 144 Å². The Bertz CT molecular complexity index is 1850. The van der Waals surface area contributed by atoms with Crippen molar-refractivity contribution in [2.45, 2.75) is 124 Å². The van der Waals surface area contributed by atoms with Crippen LogP contribution in [0, 0.1) is 132 Å². The molecule has 1 aliphatic rings. The van der Waals surface area contributed by atoms with Gasteiger partial charge in [-0.05, 0) is 132 Å². The first kappa shape index (κ1) is 49.0. The molecule has 0 N–H and O–H groups in total. The maximum Gasteiger partial charge on any atom is 2.00 e. The van der Waals surface area contributed by atoms with Crippen LogP contribution in [0.5, 0.6) is 0 Å². The van der Waals surface area contributed by atoms with Gasteiger partial charge in [-0.1, -0.05) is 119 Å². The first-order chi connectivity index (χ1) is 25.8. The van der Waals surface area contributed by atoms with Crippen molar-refractivity contribution in [3.05, 3.63) is 149 Å². The van der Waals surface area contributed by atoms with E-state index in [9.17, 15) is 0 Å². The van der Waals surface area contributed by atoms with Gasteiger partial charge in [-0.2, -0.15) is 11.4 Å². The first-order valence-corrected chi connectivity index (χ1v) is 19.6. The number of nitrogens with zero attached hydrogens (tertiary/aromatic N) is 4. The van der Waals surface area contributed by atoms with Crippen molar-refractivity contribution in [3.63, 3.8) is 0 Å². The second-order valence-corrected chi connectivity index (χ2v) is 15.6. The summed E-state index contributed by atoms with van der Waals surface area (Å²) in [5.41, 5.74) is 23.0. The molecule has 1 fully saturated rings. The molecule has 1 saturated heterocycles. The minimum Gasteiger partial charge on any atom is -0.661 e. The van der Waals surface area contributed by atoms with Crippen LogP contribution in [-0.2, 0) is 4.74 Å². The van der Waals surface area contributed by atoms with E-state index in [4.69, 9.17) is 25.4 Å². The maximum atomic E-state index is 4.94. The molecule has 0 spiro atoms. The molecule has 0 unspecified atom stereocenters. The molecular weight excluding hydrogens is 825 g/mol. The fourth-order valence-electron chi connectivity index (χ4n) is 7.34. The Hall–Kier alpha value is -3.16. The molecule has 0 atom stereocenters. The van der Waals surface area contributed by atoms with E-state index in [1.54, 1.807) is 0 Å². The monoisotopic (exact) mass is 891 g/mol. The zero-order valence-electron chi connectivity index (χ0n) is 37.2. The van der Waals surface area contributed by atoms with Crippen LogP contribution in [-0.4, -0.2) is 24.6 Å². The first-order valence-electron chi connectivity index (χ1n) is 19.6. The predicted octanol–water partition coefficient (Wildman–Crippen LogP) is 15.3. The maximum absolute atomic E-state index is 4.94. The molecule has 0 saturated carbocycles. The van der Waals surface area contributed by atoms with Gasteiger partial charge in [0.2, 0.25) is 0 Å². The van der Waals surface area contributed by atoms with Crippen molar-refractivity contribution in [2.24, 2.45) is 9.98 Å². The smallest absolute Gasteiger partial charge is 0.661 e. The van der Waals surface area contributed by atoms with Gasteiger partial charge in [0.15, 0.2) is 0 Å². The van der Waals surface area contributed by atoms with Gasteiger partial charge >= 0.3 is 49.4 Å². The quantitative estimate of drug-likeness (QED) is 0.163. The normalized spacial score (nSPS) is 13.3. The summed E-state index contributed by atoms with van der Waals surface area (Å²) in [6, 6.07) is 17.4. The van der Waals surface area contributed by atoms with Crippen molar-refractivity contribution >= 4 is 34.2 Å². The molecule has 0 aliphatic carbocycles. The van der Waals surface area contributed by atoms with Gasteiger partial charge in [0.05, 0.1) is 11.4 Å². The van der Waals surface area contributed by atoms with Crippen LogP contribution in [0.25, 0.3) is 10.6 Å². The topological polar surface area (TPSA) is 62.1 Å². The molecule has 0 amide bonds. The van der Waals surface area contributed by atoms with Crippen molar-refractivity contribution in [1.29, 1.82) is 0 Å². The minimum atomic E-state index is 0. The van der Waals surface area contributed by atoms with Gasteiger partial charge in [0, 0.05) is 24.6 Å². The molecule has 6 heteroatoms. The van der Waals surface area contributed by atoms with Crippen molar-refractivity contribution < 1.29 is 54.1 Å². The molecule has 0 aromatic heterocycles. The van der Waals surface area contributed by atoms with Crippen LogP contribution >= 0.6 is 0 Å². The molecule has 5 nitrogen and oxygen atoms in total. The summed E-state index contributed by atoms with van der Waals surface area (Å²) in [6.07, 6.45) is 6.66. The summed E-state index contributed by atoms with van der Waals surface area (Å²) in [5.74, 6) is 0. The Kier molecular flexibility index (Phi) is 20.4. The molecule has 56 heavy (non-hydrogen) atoms. The van der Waals surface area contributed by atoms with E-state index in [0.717, 1.165) is 58.8 Å². The average Bonchev–Trinajstić information content (AvgIpc) is 3.65. The summed E-state index contributed by atoms with van der Waals surface area (Å²) >= 11 is 0. The van der Waals surface area contributed by atoms with Gasteiger partial charge in [-0.25, -0.2) is 0 Å². The molecule has 0 bridgehead atoms. The van der Waals surface area contributed by atoms with Gasteiger partial charge in [0.25, 0.3) is 0 Å². The zero-order chi connectivity index (χ0) is 41.0. The van der Waals surface area contributed by atoms with Crippen molar-refractivity contribution in [2.75, 3.05) is 13.2 Å². The van der Waals surface area contributed by atoms with Crippen LogP contribution in [0.4, 0.5) is 22.7 Å². The molecule has 1 radical (unpaired) electrons. The van der Waals surface area contributed by atoms with E-state index in [1.807, 2.05) is 27.7 Å². The summed E-state index contributed by atoms with van der Waals surface area (Å²) in [6.45, 7) is 35.6. The second-order valence-electron chi connectivity index (χ2n) is 15.6. The van der Waals surface area contributed by atoms with Crippen molar-refractivity contribution in [1.82, 2.24) is 0 Å². The second kappa shape index (κ2) is 23.3. The fraction of sp³-hybridized carbons (Fsp3) is 0.400. The third-order valence-electron chi connectivity index (χ3n) is 9.36. The van der Waals surface area contributed by atoms with Gasteiger partial charge < -0.3 is 15.4 Å². The number of rotatable bonds is 8. The van der Waals surface area contributed by atoms with Crippen LogP contribution in [0.15, 0.2) is 82.1 Å². The fourth-order valence-corrected chi connectivity index (χ4v) is 7.34. The van der Waals surface area contributed by atoms with Crippen LogP contribution in [0.3, 0.4) is 0 Å². The van der Waals surface area contributed by atoms with Gasteiger partial charge in [-0.3, -0.25) is 9.98 Å². The number of allylic oxidation sites excluding steroid dienone is 4. The number of aryl methyl sites for hydroxylation is 12. The standard InChI is InChI=1S/2C23H29N2.C4H8O.Eu/c2*1-14-9-16(3)22(17(4)10-14)24-20(7)13-21(8)25-23-18(5)11-15(2)12-19(23)6;1-2-4-5-3-1;/h2*9-13H,1-8H3;1-4H2;/q2*-1;;+2/b2*20-13-,25-21?;;. The molecular formula is C50H66EuN4O. The molecule has 4 aromatic carbocycles. The summed E-state index contributed by atoms with van der Waals surface area (Å²) in [4.78, 5) is 9.64. The number of hydrogen-bond acceptors (Lipinski definition) is 3.